The van der Waals surface area contributed by atoms with E-state index in [1.807, 2.05) is 44.2 Å². The molecule has 0 bridgehead atoms. The van der Waals surface area contributed by atoms with E-state index < -0.39 is 15.6 Å². The smallest absolute Gasteiger partial charge is 0.253 e. The number of nitrogens with one attached hydrogen (secondary N) is 1. The van der Waals surface area contributed by atoms with Gasteiger partial charge >= 0.3 is 0 Å². The second-order valence-electron chi connectivity index (χ2n) is 6.90. The Morgan fingerprint density at radius 2 is 1.77 bits per heavy atom. The van der Waals surface area contributed by atoms with Gasteiger partial charge in [-0.25, -0.2) is 8.42 Å². The van der Waals surface area contributed by atoms with Crippen molar-refractivity contribution < 1.29 is 13.2 Å². The van der Waals surface area contributed by atoms with Crippen LogP contribution in [-0.2, 0) is 16.4 Å². The molecule has 0 fully saturated rings. The van der Waals surface area contributed by atoms with E-state index in [-0.39, 0.29) is 16.5 Å². The Morgan fingerprint density at radius 1 is 1.15 bits per heavy atom. The van der Waals surface area contributed by atoms with Gasteiger partial charge in [-0.1, -0.05) is 41.9 Å². The van der Waals surface area contributed by atoms with Crippen LogP contribution in [0.5, 0.6) is 0 Å². The third-order valence-electron chi connectivity index (χ3n) is 4.00. The highest BCUT2D eigenvalue weighted by atomic mass is 35.5. The van der Waals surface area contributed by atoms with Gasteiger partial charge in [0.1, 0.15) is 0 Å². The number of hydrogen-bond acceptors (Lipinski definition) is 3. The molecule has 0 aliphatic heterocycles. The van der Waals surface area contributed by atoms with Crippen LogP contribution in [0.3, 0.4) is 0 Å². The first-order chi connectivity index (χ1) is 12.0. The van der Waals surface area contributed by atoms with Crippen LogP contribution in [0.2, 0.25) is 5.02 Å². The zero-order chi connectivity index (χ0) is 19.5. The van der Waals surface area contributed by atoms with Crippen molar-refractivity contribution in [2.45, 2.75) is 25.8 Å². The molecule has 7 heteroatoms. The summed E-state index contributed by atoms with van der Waals surface area (Å²) < 4.78 is 24.6. The first-order valence-corrected chi connectivity index (χ1v) is 10.3. The molecule has 0 saturated carbocycles. The van der Waals surface area contributed by atoms with Crippen LogP contribution in [0.15, 0.2) is 48.5 Å². The topological polar surface area (TPSA) is 66.5 Å². The summed E-state index contributed by atoms with van der Waals surface area (Å²) in [5, 5.41) is 3.24. The molecule has 0 aliphatic rings. The highest BCUT2D eigenvalue weighted by molar-refractivity contribution is 7.92. The van der Waals surface area contributed by atoms with E-state index in [0.717, 1.165) is 16.1 Å². The quantitative estimate of drug-likeness (QED) is 0.815. The van der Waals surface area contributed by atoms with Gasteiger partial charge in [0.15, 0.2) is 0 Å². The number of nitrogens with zero attached hydrogens (tertiary/aromatic N) is 1. The summed E-state index contributed by atoms with van der Waals surface area (Å²) in [6, 6.07) is 14.4. The molecule has 0 spiro atoms. The average Bonchev–Trinajstić information content (AvgIpc) is 2.53. The van der Waals surface area contributed by atoms with E-state index in [9.17, 15) is 13.2 Å². The number of sulfonamides is 1. The Morgan fingerprint density at radius 3 is 2.35 bits per heavy atom. The molecule has 2 rings (SSSR count). The molecule has 5 nitrogen and oxygen atoms in total. The highest BCUT2D eigenvalue weighted by Crippen LogP contribution is 2.25. The lowest BCUT2D eigenvalue weighted by Crippen LogP contribution is -2.45. The molecule has 0 unspecified atom stereocenters. The number of halogens is 1. The molecule has 1 N–H and O–H groups in total. The zero-order valence-corrected chi connectivity index (χ0v) is 16.9. The van der Waals surface area contributed by atoms with Crippen molar-refractivity contribution in [1.82, 2.24) is 5.32 Å². The van der Waals surface area contributed by atoms with E-state index >= 15 is 0 Å². The van der Waals surface area contributed by atoms with Crippen LogP contribution in [0.4, 0.5) is 5.69 Å². The maximum absolute atomic E-state index is 12.7. The molecule has 2 aromatic carbocycles. The standard InChI is InChI=1S/C19H23ClN2O3S/c1-19(2,13-14-8-6-5-7-9-14)21-18(23)16-12-15(10-11-17(16)20)22(3)26(4,24)25/h5-12H,13H2,1-4H3,(H,21,23). The summed E-state index contributed by atoms with van der Waals surface area (Å²) in [6.45, 7) is 3.86. The van der Waals surface area contributed by atoms with Gasteiger partial charge in [0.05, 0.1) is 22.5 Å². The number of carbonyl (C=O) groups excluding carboxylic acids is 1. The summed E-state index contributed by atoms with van der Waals surface area (Å²) in [7, 11) is -2.00. The molecule has 0 aliphatic carbocycles. The molecular formula is C19H23ClN2O3S. The predicted octanol–water partition coefficient (Wildman–Crippen LogP) is 3.49. The van der Waals surface area contributed by atoms with Crippen LogP contribution in [0.1, 0.15) is 29.8 Å². The number of anilines is 1. The Hall–Kier alpha value is -2.05. The maximum Gasteiger partial charge on any atom is 0.253 e. The minimum Gasteiger partial charge on any atom is -0.347 e. The van der Waals surface area contributed by atoms with Crippen LogP contribution in [0.25, 0.3) is 0 Å². The second kappa shape index (κ2) is 7.68. The normalized spacial score (nSPS) is 11.9. The van der Waals surface area contributed by atoms with Crippen LogP contribution >= 0.6 is 11.6 Å². The lowest BCUT2D eigenvalue weighted by atomic mass is 9.94. The molecule has 0 atom stereocenters. The van der Waals surface area contributed by atoms with E-state index in [2.05, 4.69) is 5.32 Å². The third kappa shape index (κ3) is 5.22. The van der Waals surface area contributed by atoms with E-state index in [1.54, 1.807) is 6.07 Å². The lowest BCUT2D eigenvalue weighted by Gasteiger charge is -2.27. The van der Waals surface area contributed by atoms with Crippen LogP contribution in [0, 0.1) is 0 Å². The maximum atomic E-state index is 12.7. The first-order valence-electron chi connectivity index (χ1n) is 8.09. The molecule has 0 heterocycles. The van der Waals surface area contributed by atoms with Crippen LogP contribution < -0.4 is 9.62 Å². The lowest BCUT2D eigenvalue weighted by molar-refractivity contribution is 0.0913. The van der Waals surface area contributed by atoms with Crippen LogP contribution in [-0.4, -0.2) is 33.2 Å². The van der Waals surface area contributed by atoms with Gasteiger partial charge in [-0.05, 0) is 44.0 Å². The number of carbonyl (C=O) groups is 1. The molecule has 26 heavy (non-hydrogen) atoms. The monoisotopic (exact) mass is 394 g/mol. The summed E-state index contributed by atoms with van der Waals surface area (Å²) in [5.74, 6) is -0.348. The third-order valence-corrected chi connectivity index (χ3v) is 5.53. The number of hydrogen-bond donors (Lipinski definition) is 1. The number of benzene rings is 2. The number of amides is 1. The minimum absolute atomic E-state index is 0.237. The van der Waals surface area contributed by atoms with Gasteiger partial charge in [-0.2, -0.15) is 0 Å². The summed E-state index contributed by atoms with van der Waals surface area (Å²) in [6.07, 6.45) is 1.75. The van der Waals surface area contributed by atoms with E-state index in [1.165, 1.54) is 19.2 Å². The van der Waals surface area contributed by atoms with Crippen molar-refractivity contribution in [1.29, 1.82) is 0 Å². The van der Waals surface area contributed by atoms with Crippen molar-refractivity contribution in [3.8, 4) is 0 Å². The molecule has 140 valence electrons. The summed E-state index contributed by atoms with van der Waals surface area (Å²) in [4.78, 5) is 12.7. The van der Waals surface area contributed by atoms with Gasteiger partial charge in [0.25, 0.3) is 5.91 Å². The summed E-state index contributed by atoms with van der Waals surface area (Å²) >= 11 is 6.17. The van der Waals surface area contributed by atoms with Gasteiger partial charge in [0.2, 0.25) is 10.0 Å². The van der Waals surface area contributed by atoms with Crippen molar-refractivity contribution in [2.75, 3.05) is 17.6 Å². The molecule has 1 amide bonds. The molecule has 0 aromatic heterocycles. The Labute approximate surface area is 160 Å². The van der Waals surface area contributed by atoms with E-state index in [4.69, 9.17) is 11.6 Å². The van der Waals surface area contributed by atoms with Crippen molar-refractivity contribution >= 4 is 33.2 Å². The van der Waals surface area contributed by atoms with Gasteiger partial charge < -0.3 is 5.32 Å². The fourth-order valence-electron chi connectivity index (χ4n) is 2.60. The SMILES string of the molecule is CN(c1ccc(Cl)c(C(=O)NC(C)(C)Cc2ccccc2)c1)S(C)(=O)=O. The average molecular weight is 395 g/mol. The van der Waals surface area contributed by atoms with Crippen molar-refractivity contribution in [2.24, 2.45) is 0 Å². The van der Waals surface area contributed by atoms with Gasteiger partial charge in [-0.3, -0.25) is 9.10 Å². The Bertz CT molecular complexity index is 896. The molecule has 0 saturated heterocycles. The fraction of sp³-hybridized carbons (Fsp3) is 0.316. The Kier molecular flexibility index (Phi) is 5.98. The fourth-order valence-corrected chi connectivity index (χ4v) is 3.30. The zero-order valence-electron chi connectivity index (χ0n) is 15.3. The Balaban J connectivity index is 2.23. The highest BCUT2D eigenvalue weighted by Gasteiger charge is 2.24. The molecule has 2 aromatic rings. The van der Waals surface area contributed by atoms with Crippen molar-refractivity contribution in [3.05, 3.63) is 64.7 Å². The molecular weight excluding hydrogens is 372 g/mol. The second-order valence-corrected chi connectivity index (χ2v) is 9.32. The largest absolute Gasteiger partial charge is 0.347 e. The first kappa shape index (κ1) is 20.3. The van der Waals surface area contributed by atoms with Gasteiger partial charge in [-0.15, -0.1) is 0 Å². The van der Waals surface area contributed by atoms with E-state index in [0.29, 0.717) is 12.1 Å². The summed E-state index contributed by atoms with van der Waals surface area (Å²) in [5.41, 5.74) is 1.22. The minimum atomic E-state index is -3.43. The number of rotatable bonds is 6. The van der Waals surface area contributed by atoms with Gasteiger partial charge in [0, 0.05) is 12.6 Å². The predicted molar refractivity (Wildman–Crippen MR) is 106 cm³/mol. The van der Waals surface area contributed by atoms with Crippen molar-refractivity contribution in [3.63, 3.8) is 0 Å². The molecule has 0 radical (unpaired) electrons.